The summed E-state index contributed by atoms with van der Waals surface area (Å²) in [6.07, 6.45) is 0. The fourth-order valence-corrected chi connectivity index (χ4v) is 1.94. The van der Waals surface area contributed by atoms with E-state index in [0.29, 0.717) is 16.3 Å². The zero-order chi connectivity index (χ0) is 14.7. The second-order valence-electron chi connectivity index (χ2n) is 4.09. The summed E-state index contributed by atoms with van der Waals surface area (Å²) in [4.78, 5) is 23.1. The molecule has 0 saturated carbocycles. The van der Waals surface area contributed by atoms with E-state index in [0.717, 1.165) is 0 Å². The van der Waals surface area contributed by atoms with Gasteiger partial charge in [-0.3, -0.25) is 4.79 Å². The maximum absolute atomic E-state index is 12.0. The summed E-state index contributed by atoms with van der Waals surface area (Å²) >= 11 is 11.7. The van der Waals surface area contributed by atoms with Gasteiger partial charge in [0.15, 0.2) is 5.78 Å². The van der Waals surface area contributed by atoms with Gasteiger partial charge in [0.1, 0.15) is 5.75 Å². The van der Waals surface area contributed by atoms with Gasteiger partial charge in [-0.15, -0.1) is 0 Å². The fourth-order valence-electron chi connectivity index (χ4n) is 1.57. The molecule has 0 aliphatic rings. The molecule has 0 saturated heterocycles. The number of hydrogen-bond donors (Lipinski definition) is 0. The van der Waals surface area contributed by atoms with Crippen molar-refractivity contribution in [3.05, 3.63) is 63.6 Å². The smallest absolute Gasteiger partial charge is 0.345 e. The summed E-state index contributed by atoms with van der Waals surface area (Å²) < 4.78 is 5.18. The van der Waals surface area contributed by atoms with E-state index in [9.17, 15) is 9.59 Å². The molecule has 2 rings (SSSR count). The summed E-state index contributed by atoms with van der Waals surface area (Å²) in [5.41, 5.74) is 0.736. The number of carbonyl (C=O) groups excluding carboxylic acids is 2. The number of ether oxygens (including phenoxy) is 1. The van der Waals surface area contributed by atoms with Crippen LogP contribution in [0.1, 0.15) is 27.6 Å². The normalized spacial score (nSPS) is 10.2. The molecule has 0 aliphatic carbocycles. The van der Waals surface area contributed by atoms with Crippen LogP contribution in [0.3, 0.4) is 0 Å². The molecule has 0 heterocycles. The first-order valence-corrected chi connectivity index (χ1v) is 6.51. The monoisotopic (exact) mass is 308 g/mol. The lowest BCUT2D eigenvalue weighted by Gasteiger charge is -2.06. The lowest BCUT2D eigenvalue weighted by atomic mass is 10.1. The zero-order valence-electron chi connectivity index (χ0n) is 10.5. The van der Waals surface area contributed by atoms with Crippen LogP contribution in [-0.2, 0) is 0 Å². The Morgan fingerprint density at radius 1 is 1.00 bits per heavy atom. The molecule has 2 aromatic rings. The van der Waals surface area contributed by atoms with Gasteiger partial charge in [-0.1, -0.05) is 23.2 Å². The molecule has 0 unspecified atom stereocenters. The molecule has 2 aromatic carbocycles. The predicted octanol–water partition coefficient (Wildman–Crippen LogP) is 4.42. The van der Waals surface area contributed by atoms with Crippen LogP contribution in [-0.4, -0.2) is 11.8 Å². The molecule has 102 valence electrons. The Kier molecular flexibility index (Phi) is 4.42. The molecule has 0 atom stereocenters. The number of esters is 1. The molecule has 0 aromatic heterocycles. The van der Waals surface area contributed by atoms with Crippen molar-refractivity contribution in [3.63, 3.8) is 0 Å². The minimum absolute atomic E-state index is 0.0548. The first-order valence-electron chi connectivity index (χ1n) is 5.75. The largest absolute Gasteiger partial charge is 0.423 e. The fraction of sp³-hybridized carbons (Fsp3) is 0.0667. The Morgan fingerprint density at radius 2 is 1.65 bits per heavy atom. The molecule has 0 amide bonds. The van der Waals surface area contributed by atoms with Crippen LogP contribution < -0.4 is 4.74 Å². The van der Waals surface area contributed by atoms with Gasteiger partial charge in [0.2, 0.25) is 0 Å². The van der Waals surface area contributed by atoms with Gasteiger partial charge in [-0.2, -0.15) is 0 Å². The van der Waals surface area contributed by atoms with Gasteiger partial charge in [0.05, 0.1) is 10.6 Å². The highest BCUT2D eigenvalue weighted by Gasteiger charge is 2.13. The van der Waals surface area contributed by atoms with E-state index in [4.69, 9.17) is 27.9 Å². The van der Waals surface area contributed by atoms with E-state index in [-0.39, 0.29) is 16.4 Å². The minimum Gasteiger partial charge on any atom is -0.423 e. The molecular formula is C15H10Cl2O3. The van der Waals surface area contributed by atoms with Crippen LogP contribution >= 0.6 is 23.2 Å². The summed E-state index contributed by atoms with van der Waals surface area (Å²) in [5, 5.41) is 0.660. The Labute approximate surface area is 126 Å². The molecule has 0 N–H and O–H groups in total. The number of ketones is 1. The van der Waals surface area contributed by atoms with E-state index < -0.39 is 5.97 Å². The molecule has 0 bridgehead atoms. The first kappa shape index (κ1) is 14.6. The third-order valence-electron chi connectivity index (χ3n) is 2.62. The molecule has 20 heavy (non-hydrogen) atoms. The maximum Gasteiger partial charge on any atom is 0.345 e. The third kappa shape index (κ3) is 3.38. The molecule has 0 spiro atoms. The highest BCUT2D eigenvalue weighted by atomic mass is 35.5. The number of halogens is 2. The van der Waals surface area contributed by atoms with E-state index in [2.05, 4.69) is 0 Å². The van der Waals surface area contributed by atoms with Crippen LogP contribution in [0.25, 0.3) is 0 Å². The van der Waals surface area contributed by atoms with Crippen molar-refractivity contribution in [2.24, 2.45) is 0 Å². The van der Waals surface area contributed by atoms with Crippen LogP contribution in [0.4, 0.5) is 0 Å². The Hall–Kier alpha value is -1.84. The number of hydrogen-bond acceptors (Lipinski definition) is 3. The molecule has 3 nitrogen and oxygen atoms in total. The Morgan fingerprint density at radius 3 is 2.25 bits per heavy atom. The molecule has 0 radical (unpaired) electrons. The number of carbonyl (C=O) groups is 2. The lowest BCUT2D eigenvalue weighted by molar-refractivity contribution is 0.0735. The van der Waals surface area contributed by atoms with Crippen LogP contribution in [0, 0.1) is 0 Å². The van der Waals surface area contributed by atoms with Gasteiger partial charge in [-0.25, -0.2) is 4.79 Å². The van der Waals surface area contributed by atoms with Crippen molar-refractivity contribution >= 4 is 35.0 Å². The van der Waals surface area contributed by atoms with Gasteiger partial charge in [-0.05, 0) is 49.4 Å². The molecule has 0 fully saturated rings. The molecular weight excluding hydrogens is 299 g/mol. The van der Waals surface area contributed by atoms with Crippen LogP contribution in [0.2, 0.25) is 10.0 Å². The Balaban J connectivity index is 2.19. The SMILES string of the molecule is CC(=O)c1ccc(OC(=O)c2cc(Cl)ccc2Cl)cc1. The topological polar surface area (TPSA) is 43.4 Å². The average molecular weight is 309 g/mol. The van der Waals surface area contributed by atoms with Crippen molar-refractivity contribution in [2.45, 2.75) is 6.92 Å². The summed E-state index contributed by atoms with van der Waals surface area (Å²) in [7, 11) is 0. The van der Waals surface area contributed by atoms with Crippen molar-refractivity contribution < 1.29 is 14.3 Å². The summed E-state index contributed by atoms with van der Waals surface area (Å²) in [6.45, 7) is 1.47. The zero-order valence-corrected chi connectivity index (χ0v) is 12.0. The standard InChI is InChI=1S/C15H10Cl2O3/c1-9(18)10-2-5-12(6-3-10)20-15(19)13-8-11(16)4-7-14(13)17/h2-8H,1H3. The van der Waals surface area contributed by atoms with Gasteiger partial charge in [0.25, 0.3) is 0 Å². The van der Waals surface area contributed by atoms with Crippen LogP contribution in [0.15, 0.2) is 42.5 Å². The summed E-state index contributed by atoms with van der Waals surface area (Å²) in [5.74, 6) is -0.329. The van der Waals surface area contributed by atoms with Gasteiger partial charge in [0, 0.05) is 10.6 Å². The van der Waals surface area contributed by atoms with Gasteiger partial charge < -0.3 is 4.74 Å². The molecule has 5 heteroatoms. The highest BCUT2D eigenvalue weighted by Crippen LogP contribution is 2.22. The number of rotatable bonds is 3. The van der Waals surface area contributed by atoms with E-state index in [1.54, 1.807) is 30.3 Å². The minimum atomic E-state index is -0.604. The quantitative estimate of drug-likeness (QED) is 0.479. The summed E-state index contributed by atoms with van der Waals surface area (Å²) in [6, 6.07) is 10.8. The van der Waals surface area contributed by atoms with E-state index >= 15 is 0 Å². The second-order valence-corrected chi connectivity index (χ2v) is 4.94. The predicted molar refractivity (Wildman–Crippen MR) is 77.9 cm³/mol. The van der Waals surface area contributed by atoms with E-state index in [1.807, 2.05) is 0 Å². The number of benzene rings is 2. The van der Waals surface area contributed by atoms with Gasteiger partial charge >= 0.3 is 5.97 Å². The molecule has 0 aliphatic heterocycles. The third-order valence-corrected chi connectivity index (χ3v) is 3.18. The lowest BCUT2D eigenvalue weighted by Crippen LogP contribution is -2.09. The maximum atomic E-state index is 12.0. The van der Waals surface area contributed by atoms with Crippen molar-refractivity contribution in [1.29, 1.82) is 0 Å². The van der Waals surface area contributed by atoms with Crippen molar-refractivity contribution in [1.82, 2.24) is 0 Å². The van der Waals surface area contributed by atoms with Crippen LogP contribution in [0.5, 0.6) is 5.75 Å². The highest BCUT2D eigenvalue weighted by molar-refractivity contribution is 6.35. The Bertz CT molecular complexity index is 663. The average Bonchev–Trinajstić information content (AvgIpc) is 2.42. The first-order chi connectivity index (χ1) is 9.47. The van der Waals surface area contributed by atoms with Crippen molar-refractivity contribution in [3.8, 4) is 5.75 Å². The second kappa shape index (κ2) is 6.07. The number of Topliss-reactive ketones (excluding diaryl/α,β-unsaturated/α-hetero) is 1. The van der Waals surface area contributed by atoms with Crippen molar-refractivity contribution in [2.75, 3.05) is 0 Å². The van der Waals surface area contributed by atoms with E-state index in [1.165, 1.54) is 19.1 Å².